The zero-order valence-corrected chi connectivity index (χ0v) is 15.4. The third kappa shape index (κ3) is 14.5. The molecule has 0 unspecified atom stereocenters. The molecule has 0 aromatic carbocycles. The third-order valence-electron chi connectivity index (χ3n) is 3.01. The number of nitrogens with zero attached hydrogens (tertiary/aromatic N) is 2. The minimum atomic E-state index is -4.13. The van der Waals surface area contributed by atoms with Crippen LogP contribution in [0.15, 0.2) is 4.99 Å². The Morgan fingerprint density at radius 2 is 1.62 bits per heavy atom. The lowest BCUT2D eigenvalue weighted by Crippen LogP contribution is -2.39. The molecular formula is C13H28F3IN4. The zero-order chi connectivity index (χ0) is 15.4. The van der Waals surface area contributed by atoms with E-state index in [4.69, 9.17) is 0 Å². The molecule has 0 fully saturated rings. The van der Waals surface area contributed by atoms with Crippen LogP contribution in [0.25, 0.3) is 0 Å². The third-order valence-corrected chi connectivity index (χ3v) is 3.01. The molecule has 128 valence electrons. The van der Waals surface area contributed by atoms with Gasteiger partial charge in [-0.2, -0.15) is 13.2 Å². The fourth-order valence-corrected chi connectivity index (χ4v) is 1.75. The molecule has 0 rings (SSSR count). The number of rotatable bonds is 9. The number of hydrogen-bond acceptors (Lipinski definition) is 2. The largest absolute Gasteiger partial charge is 0.390 e. The number of nitrogens with one attached hydrogen (secondary N) is 2. The normalized spacial score (nSPS) is 12.2. The van der Waals surface area contributed by atoms with Gasteiger partial charge in [0.2, 0.25) is 0 Å². The van der Waals surface area contributed by atoms with Gasteiger partial charge in [-0.3, -0.25) is 4.99 Å². The molecule has 0 atom stereocenters. The van der Waals surface area contributed by atoms with Gasteiger partial charge in [0.15, 0.2) is 5.96 Å². The first-order valence-corrected chi connectivity index (χ1v) is 7.16. The van der Waals surface area contributed by atoms with E-state index >= 15 is 0 Å². The van der Waals surface area contributed by atoms with Crippen LogP contribution in [0.5, 0.6) is 0 Å². The van der Waals surface area contributed by atoms with Crippen LogP contribution in [-0.2, 0) is 0 Å². The van der Waals surface area contributed by atoms with E-state index in [1.807, 2.05) is 0 Å². The summed E-state index contributed by atoms with van der Waals surface area (Å²) in [5.41, 5.74) is 0. The van der Waals surface area contributed by atoms with Gasteiger partial charge >= 0.3 is 6.18 Å². The first-order chi connectivity index (χ1) is 9.42. The van der Waals surface area contributed by atoms with E-state index in [0.29, 0.717) is 12.5 Å². The Labute approximate surface area is 143 Å². The molecule has 0 aromatic heterocycles. The van der Waals surface area contributed by atoms with Crippen molar-refractivity contribution in [2.24, 2.45) is 4.99 Å². The monoisotopic (exact) mass is 424 g/mol. The van der Waals surface area contributed by atoms with Crippen molar-refractivity contribution in [3.05, 3.63) is 0 Å². The molecule has 4 nitrogen and oxygen atoms in total. The van der Waals surface area contributed by atoms with E-state index in [1.54, 1.807) is 7.05 Å². The molecule has 0 aromatic rings. The second-order valence-electron chi connectivity index (χ2n) is 4.52. The van der Waals surface area contributed by atoms with E-state index in [1.165, 1.54) is 0 Å². The van der Waals surface area contributed by atoms with Crippen molar-refractivity contribution in [3.8, 4) is 0 Å². The summed E-state index contributed by atoms with van der Waals surface area (Å²) < 4.78 is 36.0. The molecule has 0 radical (unpaired) electrons. The van der Waals surface area contributed by atoms with Crippen LogP contribution in [0.3, 0.4) is 0 Å². The van der Waals surface area contributed by atoms with Crippen LogP contribution in [0.4, 0.5) is 13.2 Å². The van der Waals surface area contributed by atoms with Crippen molar-refractivity contribution in [2.45, 2.75) is 39.3 Å². The van der Waals surface area contributed by atoms with Gasteiger partial charge in [0.1, 0.15) is 0 Å². The minimum absolute atomic E-state index is 0. The highest BCUT2D eigenvalue weighted by Gasteiger charge is 2.26. The average molecular weight is 424 g/mol. The SMILES string of the molecule is CCN(CC)CCCCNC(=NC)NCCC(F)(F)F.I. The topological polar surface area (TPSA) is 39.7 Å². The summed E-state index contributed by atoms with van der Waals surface area (Å²) in [7, 11) is 1.55. The summed E-state index contributed by atoms with van der Waals surface area (Å²) in [6, 6.07) is 0. The number of aliphatic imine (C=N–C) groups is 1. The Kier molecular flexibility index (Phi) is 14.7. The van der Waals surface area contributed by atoms with Gasteiger partial charge in [-0.05, 0) is 32.5 Å². The number of unbranched alkanes of at least 4 members (excludes halogenated alkanes) is 1. The zero-order valence-electron chi connectivity index (χ0n) is 13.1. The second kappa shape index (κ2) is 13.4. The van der Waals surface area contributed by atoms with Crippen molar-refractivity contribution in [1.29, 1.82) is 0 Å². The second-order valence-corrected chi connectivity index (χ2v) is 4.52. The first-order valence-electron chi connectivity index (χ1n) is 7.16. The van der Waals surface area contributed by atoms with Crippen LogP contribution in [-0.4, -0.2) is 56.8 Å². The lowest BCUT2D eigenvalue weighted by atomic mass is 10.3. The van der Waals surface area contributed by atoms with Crippen molar-refractivity contribution in [1.82, 2.24) is 15.5 Å². The summed E-state index contributed by atoms with van der Waals surface area (Å²) in [5.74, 6) is 0.428. The van der Waals surface area contributed by atoms with E-state index in [9.17, 15) is 13.2 Å². The quantitative estimate of drug-likeness (QED) is 0.259. The molecule has 0 aliphatic rings. The molecule has 8 heteroatoms. The van der Waals surface area contributed by atoms with Gasteiger partial charge in [-0.1, -0.05) is 13.8 Å². The van der Waals surface area contributed by atoms with Crippen molar-refractivity contribution in [3.63, 3.8) is 0 Å². The summed E-state index contributed by atoms with van der Waals surface area (Å²) in [4.78, 5) is 6.23. The molecule has 0 aliphatic heterocycles. The van der Waals surface area contributed by atoms with E-state index in [2.05, 4.69) is 34.4 Å². The maximum atomic E-state index is 12.0. The number of guanidine groups is 1. The standard InChI is InChI=1S/C13H27F3N4.HI/c1-4-20(5-2)11-7-6-9-18-12(17-3)19-10-8-13(14,15)16;/h4-11H2,1-3H3,(H2,17,18,19);1H. The Bertz CT molecular complexity index is 269. The fourth-order valence-electron chi connectivity index (χ4n) is 1.75. The van der Waals surface area contributed by atoms with Crippen molar-refractivity contribution >= 4 is 29.9 Å². The Hall–Kier alpha value is -0.250. The molecule has 0 aliphatic carbocycles. The van der Waals surface area contributed by atoms with Gasteiger partial charge in [0.25, 0.3) is 0 Å². The van der Waals surface area contributed by atoms with Crippen LogP contribution in [0.2, 0.25) is 0 Å². The molecular weight excluding hydrogens is 396 g/mol. The van der Waals surface area contributed by atoms with E-state index < -0.39 is 12.6 Å². The summed E-state index contributed by atoms with van der Waals surface area (Å²) in [6.45, 7) is 7.97. The van der Waals surface area contributed by atoms with E-state index in [-0.39, 0.29) is 30.5 Å². The molecule has 0 saturated carbocycles. The predicted molar refractivity (Wildman–Crippen MR) is 92.5 cm³/mol. The van der Waals surface area contributed by atoms with Crippen LogP contribution in [0.1, 0.15) is 33.1 Å². The highest BCUT2D eigenvalue weighted by molar-refractivity contribution is 14.0. The molecule has 0 amide bonds. The van der Waals surface area contributed by atoms with Gasteiger partial charge in [0.05, 0.1) is 6.42 Å². The Balaban J connectivity index is 0. The number of halogens is 4. The average Bonchev–Trinajstić information content (AvgIpc) is 2.39. The van der Waals surface area contributed by atoms with Gasteiger partial charge < -0.3 is 15.5 Å². The number of alkyl halides is 3. The van der Waals surface area contributed by atoms with Gasteiger partial charge in [-0.25, -0.2) is 0 Å². The molecule has 2 N–H and O–H groups in total. The maximum Gasteiger partial charge on any atom is 0.390 e. The van der Waals surface area contributed by atoms with Crippen LogP contribution < -0.4 is 10.6 Å². The Morgan fingerprint density at radius 1 is 1.05 bits per heavy atom. The van der Waals surface area contributed by atoms with Crippen LogP contribution >= 0.6 is 24.0 Å². The summed E-state index contributed by atoms with van der Waals surface area (Å²) in [5, 5.41) is 5.67. The summed E-state index contributed by atoms with van der Waals surface area (Å²) in [6.07, 6.45) is -2.95. The molecule has 0 saturated heterocycles. The smallest absolute Gasteiger partial charge is 0.356 e. The highest BCUT2D eigenvalue weighted by Crippen LogP contribution is 2.17. The maximum absolute atomic E-state index is 12.0. The highest BCUT2D eigenvalue weighted by atomic mass is 127. The Morgan fingerprint density at radius 3 is 2.10 bits per heavy atom. The first kappa shape index (κ1) is 23.0. The summed E-state index contributed by atoms with van der Waals surface area (Å²) >= 11 is 0. The van der Waals surface area contributed by atoms with Crippen LogP contribution in [0, 0.1) is 0 Å². The van der Waals surface area contributed by atoms with Crippen molar-refractivity contribution in [2.75, 3.05) is 39.8 Å². The van der Waals surface area contributed by atoms with Gasteiger partial charge in [-0.15, -0.1) is 24.0 Å². The van der Waals surface area contributed by atoms with Crippen molar-refractivity contribution < 1.29 is 13.2 Å². The lowest BCUT2D eigenvalue weighted by Gasteiger charge is -2.18. The molecule has 0 spiro atoms. The lowest BCUT2D eigenvalue weighted by molar-refractivity contribution is -0.132. The molecule has 0 heterocycles. The fraction of sp³-hybridized carbons (Fsp3) is 0.923. The minimum Gasteiger partial charge on any atom is -0.356 e. The molecule has 0 bridgehead atoms. The predicted octanol–water partition coefficient (Wildman–Crippen LogP) is 2.84. The van der Waals surface area contributed by atoms with Gasteiger partial charge in [0, 0.05) is 20.1 Å². The molecule has 21 heavy (non-hydrogen) atoms. The number of hydrogen-bond donors (Lipinski definition) is 2. The van der Waals surface area contributed by atoms with E-state index in [0.717, 1.165) is 32.5 Å².